The van der Waals surface area contributed by atoms with E-state index >= 15 is 0 Å². The van der Waals surface area contributed by atoms with Crippen molar-refractivity contribution in [1.29, 1.82) is 0 Å². The average Bonchev–Trinajstić information content (AvgIpc) is 3.16. The van der Waals surface area contributed by atoms with Crippen LogP contribution in [0.2, 0.25) is 0 Å². The second-order valence-electron chi connectivity index (χ2n) is 7.47. The van der Waals surface area contributed by atoms with Gasteiger partial charge >= 0.3 is 0 Å². The number of amides is 1. The van der Waals surface area contributed by atoms with E-state index in [1.54, 1.807) is 41.4 Å². The summed E-state index contributed by atoms with van der Waals surface area (Å²) >= 11 is 0. The fourth-order valence-electron chi connectivity index (χ4n) is 3.91. The lowest BCUT2D eigenvalue weighted by atomic mass is 10.0. The van der Waals surface area contributed by atoms with Gasteiger partial charge in [-0.25, -0.2) is 4.98 Å². The number of benzene rings is 1. The first-order valence-corrected chi connectivity index (χ1v) is 11.5. The average molecular weight is 442 g/mol. The van der Waals surface area contributed by atoms with Crippen molar-refractivity contribution in [3.05, 3.63) is 65.1 Å². The molecule has 1 N–H and O–H groups in total. The number of fused-ring (bicyclic) bond motifs is 1. The molecule has 9 heteroatoms. The topological polar surface area (TPSA) is 109 Å². The van der Waals surface area contributed by atoms with E-state index in [1.807, 2.05) is 6.92 Å². The highest BCUT2D eigenvalue weighted by Crippen LogP contribution is 2.36. The van der Waals surface area contributed by atoms with Crippen LogP contribution < -0.4 is 4.74 Å². The summed E-state index contributed by atoms with van der Waals surface area (Å²) in [6, 6.07) is 9.29. The molecule has 0 bridgehead atoms. The van der Waals surface area contributed by atoms with E-state index in [1.165, 1.54) is 13.2 Å². The number of sulfonamides is 1. The molecule has 1 atom stereocenters. The first kappa shape index (κ1) is 21.0. The maximum Gasteiger partial charge on any atom is 0.283 e. The molecule has 2 aliphatic rings. The second-order valence-corrected chi connectivity index (χ2v) is 9.04. The van der Waals surface area contributed by atoms with Crippen molar-refractivity contribution >= 4 is 21.6 Å². The molecule has 162 valence electrons. The number of nitrogens with zero attached hydrogens (tertiary/aromatic N) is 3. The van der Waals surface area contributed by atoms with Gasteiger partial charge in [-0.15, -0.1) is 0 Å². The standard InChI is InChI=1S/C22H23N3O5S/c1-3-4-8-16-21(26)19(20-15-7-5-6-9-17(15)31(28,29)24-20)22(27)25(16)13-14-10-11-18(30-2)23-12-14/h5-7,9-12,16,26H,3-4,8,13H2,1-2H3/t16-/m0/s1. The molecular weight excluding hydrogens is 418 g/mol. The molecule has 1 amide bonds. The van der Waals surface area contributed by atoms with Crippen LogP contribution in [0.5, 0.6) is 5.88 Å². The Morgan fingerprint density at radius 3 is 2.65 bits per heavy atom. The summed E-state index contributed by atoms with van der Waals surface area (Å²) < 4.78 is 33.9. The van der Waals surface area contributed by atoms with Crippen molar-refractivity contribution in [2.24, 2.45) is 4.40 Å². The van der Waals surface area contributed by atoms with Gasteiger partial charge in [-0.1, -0.05) is 44.0 Å². The molecule has 2 aliphatic heterocycles. The van der Waals surface area contributed by atoms with Crippen molar-refractivity contribution in [2.75, 3.05) is 7.11 Å². The predicted molar refractivity (Wildman–Crippen MR) is 114 cm³/mol. The number of aromatic nitrogens is 1. The molecule has 0 fully saturated rings. The molecule has 4 rings (SSSR count). The van der Waals surface area contributed by atoms with Crippen molar-refractivity contribution in [1.82, 2.24) is 9.88 Å². The Morgan fingerprint density at radius 2 is 1.97 bits per heavy atom. The lowest BCUT2D eigenvalue weighted by Gasteiger charge is -2.25. The van der Waals surface area contributed by atoms with Gasteiger partial charge in [0.25, 0.3) is 15.9 Å². The van der Waals surface area contributed by atoms with E-state index in [4.69, 9.17) is 4.74 Å². The van der Waals surface area contributed by atoms with Gasteiger partial charge in [-0.2, -0.15) is 12.8 Å². The van der Waals surface area contributed by atoms with Crippen molar-refractivity contribution in [2.45, 2.75) is 43.7 Å². The third-order valence-corrected chi connectivity index (χ3v) is 6.82. The fraction of sp³-hybridized carbons (Fsp3) is 0.318. The quantitative estimate of drug-likeness (QED) is 0.707. The van der Waals surface area contributed by atoms with Crippen LogP contribution in [0, 0.1) is 0 Å². The van der Waals surface area contributed by atoms with Crippen LogP contribution in [0.1, 0.15) is 37.3 Å². The molecule has 8 nitrogen and oxygen atoms in total. The third-order valence-electron chi connectivity index (χ3n) is 5.48. The zero-order valence-electron chi connectivity index (χ0n) is 17.3. The summed E-state index contributed by atoms with van der Waals surface area (Å²) in [7, 11) is -2.39. The molecular formula is C22H23N3O5S. The first-order valence-electron chi connectivity index (χ1n) is 10.0. The number of carbonyl (C=O) groups is 1. The van der Waals surface area contributed by atoms with Crippen LogP contribution in [-0.4, -0.2) is 48.2 Å². The number of methoxy groups -OCH3 is 1. The number of pyridine rings is 1. The minimum Gasteiger partial charge on any atom is -0.509 e. The van der Waals surface area contributed by atoms with Gasteiger partial charge in [-0.3, -0.25) is 4.79 Å². The highest BCUT2D eigenvalue weighted by Gasteiger charge is 2.44. The zero-order chi connectivity index (χ0) is 22.2. The van der Waals surface area contributed by atoms with Crippen LogP contribution in [0.15, 0.2) is 63.2 Å². The monoisotopic (exact) mass is 441 g/mol. The molecule has 0 saturated carbocycles. The molecule has 0 spiro atoms. The number of hydrogen-bond acceptors (Lipinski definition) is 6. The van der Waals surface area contributed by atoms with E-state index in [-0.39, 0.29) is 28.5 Å². The first-order chi connectivity index (χ1) is 14.9. The van der Waals surface area contributed by atoms with Crippen LogP contribution >= 0.6 is 0 Å². The molecule has 2 aromatic rings. The van der Waals surface area contributed by atoms with Gasteiger partial charge in [0.1, 0.15) is 17.0 Å². The van der Waals surface area contributed by atoms with Crippen LogP contribution in [-0.2, 0) is 21.4 Å². The number of hydrogen-bond donors (Lipinski definition) is 1. The maximum atomic E-state index is 13.4. The largest absolute Gasteiger partial charge is 0.509 e. The Hall–Kier alpha value is -3.20. The van der Waals surface area contributed by atoms with Gasteiger partial charge in [0, 0.05) is 24.4 Å². The summed E-state index contributed by atoms with van der Waals surface area (Å²) in [6.07, 6.45) is 3.87. The number of aliphatic hydroxyl groups excluding tert-OH is 1. The number of carbonyl (C=O) groups excluding carboxylic acids is 1. The summed E-state index contributed by atoms with van der Waals surface area (Å²) in [4.78, 5) is 19.2. The Morgan fingerprint density at radius 1 is 1.19 bits per heavy atom. The minimum absolute atomic E-state index is 0.00922. The molecule has 1 aromatic carbocycles. The van der Waals surface area contributed by atoms with Crippen LogP contribution in [0.25, 0.3) is 0 Å². The minimum atomic E-state index is -3.91. The van der Waals surface area contributed by atoms with Crippen molar-refractivity contribution in [3.8, 4) is 5.88 Å². The van der Waals surface area contributed by atoms with E-state index in [2.05, 4.69) is 9.38 Å². The van der Waals surface area contributed by atoms with E-state index in [9.17, 15) is 18.3 Å². The summed E-state index contributed by atoms with van der Waals surface area (Å²) in [5.41, 5.74) is 1.07. The number of aliphatic hydroxyl groups is 1. The van der Waals surface area contributed by atoms with Gasteiger partial charge in [0.15, 0.2) is 0 Å². The highest BCUT2D eigenvalue weighted by molar-refractivity contribution is 7.90. The van der Waals surface area contributed by atoms with E-state index in [0.29, 0.717) is 17.9 Å². The van der Waals surface area contributed by atoms with E-state index < -0.39 is 22.0 Å². The Bertz CT molecular complexity index is 1190. The molecule has 1 aromatic heterocycles. The number of unbranched alkanes of at least 4 members (excludes halogenated alkanes) is 1. The molecule has 0 radical (unpaired) electrons. The third kappa shape index (κ3) is 3.69. The Balaban J connectivity index is 1.73. The molecule has 0 aliphatic carbocycles. The summed E-state index contributed by atoms with van der Waals surface area (Å²) in [6.45, 7) is 2.25. The number of rotatable bonds is 7. The zero-order valence-corrected chi connectivity index (χ0v) is 18.1. The summed E-state index contributed by atoms with van der Waals surface area (Å²) in [5.74, 6) is -0.117. The molecule has 0 saturated heterocycles. The summed E-state index contributed by atoms with van der Waals surface area (Å²) in [5, 5.41) is 11.0. The normalized spacial score (nSPS) is 19.5. The van der Waals surface area contributed by atoms with Crippen LogP contribution in [0.4, 0.5) is 0 Å². The van der Waals surface area contributed by atoms with Gasteiger partial charge in [0.05, 0.1) is 18.0 Å². The van der Waals surface area contributed by atoms with Crippen molar-refractivity contribution < 1.29 is 23.1 Å². The Kier molecular flexibility index (Phi) is 5.53. The SMILES string of the molecule is CCCC[C@H]1C(O)=C(C2=NS(=O)(=O)c3ccccc32)C(=O)N1Cc1ccc(OC)nc1. The van der Waals surface area contributed by atoms with Crippen molar-refractivity contribution in [3.63, 3.8) is 0 Å². The van der Waals surface area contributed by atoms with Gasteiger partial charge < -0.3 is 14.7 Å². The lowest BCUT2D eigenvalue weighted by Crippen LogP contribution is -2.35. The Labute approximate surface area is 181 Å². The van der Waals surface area contributed by atoms with Crippen LogP contribution in [0.3, 0.4) is 0 Å². The second kappa shape index (κ2) is 8.14. The van der Waals surface area contributed by atoms with E-state index in [0.717, 1.165) is 18.4 Å². The highest BCUT2D eigenvalue weighted by atomic mass is 32.2. The number of ether oxygens (including phenoxy) is 1. The van der Waals surface area contributed by atoms with Gasteiger partial charge in [0.2, 0.25) is 5.88 Å². The fourth-order valence-corrected chi connectivity index (χ4v) is 5.13. The lowest BCUT2D eigenvalue weighted by molar-refractivity contribution is -0.127. The molecule has 0 unspecified atom stereocenters. The molecule has 31 heavy (non-hydrogen) atoms. The smallest absolute Gasteiger partial charge is 0.283 e. The molecule has 3 heterocycles. The predicted octanol–water partition coefficient (Wildman–Crippen LogP) is 2.99. The maximum absolute atomic E-state index is 13.4. The van der Waals surface area contributed by atoms with Gasteiger partial charge in [-0.05, 0) is 18.1 Å².